The van der Waals surface area contributed by atoms with Crippen LogP contribution in [0.4, 0.5) is 0 Å². The van der Waals surface area contributed by atoms with Gasteiger partial charge in [-0.1, -0.05) is 6.92 Å². The molecule has 0 bridgehead atoms. The summed E-state index contributed by atoms with van der Waals surface area (Å²) < 4.78 is 33.7. The molecule has 3 unspecified atom stereocenters. The van der Waals surface area contributed by atoms with E-state index in [1.54, 1.807) is 6.92 Å². The molecule has 112 valence electrons. The molecule has 2 aliphatic rings. The first-order chi connectivity index (χ1) is 8.83. The van der Waals surface area contributed by atoms with E-state index < -0.39 is 15.8 Å². The monoisotopic (exact) mass is 292 g/mol. The Bertz CT molecular complexity index is 414. The predicted molar refractivity (Wildman–Crippen MR) is 71.9 cm³/mol. The largest absolute Gasteiger partial charge is 0.386 e. The summed E-state index contributed by atoms with van der Waals surface area (Å²) in [6.07, 6.45) is 2.09. The fourth-order valence-corrected chi connectivity index (χ4v) is 4.11. The molecular formula is C12H24N2O4S. The second kappa shape index (κ2) is 5.65. The average molecular weight is 292 g/mol. The van der Waals surface area contributed by atoms with Crippen LogP contribution in [0.3, 0.4) is 0 Å². The van der Waals surface area contributed by atoms with Crippen LogP contribution in [0.1, 0.15) is 33.1 Å². The van der Waals surface area contributed by atoms with E-state index in [1.807, 2.05) is 0 Å². The van der Waals surface area contributed by atoms with Crippen LogP contribution < -0.4 is 4.72 Å². The number of nitrogens with one attached hydrogen (secondary N) is 1. The number of hydrogen-bond donors (Lipinski definition) is 2. The fraction of sp³-hybridized carbons (Fsp3) is 1.00. The summed E-state index contributed by atoms with van der Waals surface area (Å²) in [5.41, 5.74) is -1.09. The van der Waals surface area contributed by atoms with Crippen LogP contribution in [0, 0.1) is 5.92 Å². The highest BCUT2D eigenvalue weighted by Gasteiger charge is 2.41. The van der Waals surface area contributed by atoms with Crippen LogP contribution in [0.2, 0.25) is 0 Å². The number of hydrogen-bond acceptors (Lipinski definition) is 4. The van der Waals surface area contributed by atoms with Gasteiger partial charge in [-0.2, -0.15) is 17.4 Å². The van der Waals surface area contributed by atoms with Crippen molar-refractivity contribution in [2.75, 3.05) is 26.2 Å². The number of aliphatic hydroxyl groups is 1. The zero-order chi connectivity index (χ0) is 14.1. The molecule has 7 heteroatoms. The van der Waals surface area contributed by atoms with Crippen molar-refractivity contribution in [1.29, 1.82) is 0 Å². The Morgan fingerprint density at radius 2 is 2.21 bits per heavy atom. The molecule has 19 heavy (non-hydrogen) atoms. The Kier molecular flexibility index (Phi) is 4.52. The molecule has 2 saturated heterocycles. The summed E-state index contributed by atoms with van der Waals surface area (Å²) in [5.74, 6) is 0.391. The highest BCUT2D eigenvalue weighted by Crippen LogP contribution is 2.25. The van der Waals surface area contributed by atoms with Crippen molar-refractivity contribution in [3.8, 4) is 0 Å². The molecule has 0 aromatic carbocycles. The van der Waals surface area contributed by atoms with Crippen molar-refractivity contribution >= 4 is 10.2 Å². The Labute approximate surface area is 115 Å². The second-order valence-corrected chi connectivity index (χ2v) is 7.55. The number of nitrogens with zero attached hydrogens (tertiary/aromatic N) is 1. The zero-order valence-electron chi connectivity index (χ0n) is 11.6. The van der Waals surface area contributed by atoms with E-state index in [0.29, 0.717) is 32.0 Å². The van der Waals surface area contributed by atoms with Gasteiger partial charge in [0, 0.05) is 32.7 Å². The van der Waals surface area contributed by atoms with Crippen molar-refractivity contribution in [1.82, 2.24) is 9.03 Å². The molecule has 6 nitrogen and oxygen atoms in total. The summed E-state index contributed by atoms with van der Waals surface area (Å²) in [5, 5.41) is 10.3. The maximum Gasteiger partial charge on any atom is 0.279 e. The topological polar surface area (TPSA) is 78.9 Å². The maximum absolute atomic E-state index is 12.2. The Hall–Kier alpha value is -0.210. The van der Waals surface area contributed by atoms with Gasteiger partial charge in [0.25, 0.3) is 10.2 Å². The number of ether oxygens (including phenoxy) is 1. The van der Waals surface area contributed by atoms with Gasteiger partial charge in [-0.15, -0.1) is 0 Å². The van der Waals surface area contributed by atoms with E-state index in [0.717, 1.165) is 12.8 Å². The minimum atomic E-state index is -3.50. The van der Waals surface area contributed by atoms with E-state index in [-0.39, 0.29) is 12.6 Å². The zero-order valence-corrected chi connectivity index (χ0v) is 12.4. The molecule has 0 aromatic heterocycles. The molecule has 2 aliphatic heterocycles. The number of rotatable bonds is 4. The summed E-state index contributed by atoms with van der Waals surface area (Å²) in [6, 6.07) is 0. The van der Waals surface area contributed by atoms with Crippen LogP contribution >= 0.6 is 0 Å². The van der Waals surface area contributed by atoms with Crippen LogP contribution in [-0.2, 0) is 14.9 Å². The van der Waals surface area contributed by atoms with Crippen molar-refractivity contribution < 1.29 is 18.3 Å². The molecule has 0 radical (unpaired) electrons. The van der Waals surface area contributed by atoms with Gasteiger partial charge in [0.2, 0.25) is 0 Å². The van der Waals surface area contributed by atoms with Gasteiger partial charge in [-0.25, -0.2) is 0 Å². The maximum atomic E-state index is 12.2. The van der Waals surface area contributed by atoms with E-state index in [4.69, 9.17) is 4.74 Å². The Morgan fingerprint density at radius 3 is 2.79 bits per heavy atom. The summed E-state index contributed by atoms with van der Waals surface area (Å²) >= 11 is 0. The van der Waals surface area contributed by atoms with Crippen LogP contribution in [0.15, 0.2) is 0 Å². The van der Waals surface area contributed by atoms with Crippen molar-refractivity contribution in [3.05, 3.63) is 0 Å². The molecular weight excluding hydrogens is 268 g/mol. The van der Waals surface area contributed by atoms with E-state index >= 15 is 0 Å². The first-order valence-electron chi connectivity index (χ1n) is 6.92. The van der Waals surface area contributed by atoms with E-state index in [1.165, 1.54) is 4.31 Å². The van der Waals surface area contributed by atoms with Gasteiger partial charge >= 0.3 is 0 Å². The lowest BCUT2D eigenvalue weighted by molar-refractivity contribution is -0.0230. The molecule has 2 heterocycles. The third kappa shape index (κ3) is 3.46. The van der Waals surface area contributed by atoms with Crippen molar-refractivity contribution in [2.24, 2.45) is 5.92 Å². The van der Waals surface area contributed by atoms with Crippen LogP contribution in [0.25, 0.3) is 0 Å². The standard InChI is InChI=1S/C12H24N2O4S/c1-10-4-3-6-14(8-10)19(16,17)13-9-12(15)5-7-18-11(12)2/h10-11,13,15H,3-9H2,1-2H3. The number of piperidine rings is 1. The van der Waals surface area contributed by atoms with Gasteiger partial charge in [0.1, 0.15) is 5.60 Å². The van der Waals surface area contributed by atoms with Gasteiger partial charge < -0.3 is 9.84 Å². The minimum absolute atomic E-state index is 0.0153. The molecule has 2 rings (SSSR count). The smallest absolute Gasteiger partial charge is 0.279 e. The second-order valence-electron chi connectivity index (χ2n) is 5.80. The third-order valence-electron chi connectivity index (χ3n) is 4.18. The van der Waals surface area contributed by atoms with Gasteiger partial charge in [0.15, 0.2) is 0 Å². The van der Waals surface area contributed by atoms with Gasteiger partial charge in [-0.3, -0.25) is 0 Å². The molecule has 0 aromatic rings. The van der Waals surface area contributed by atoms with Crippen LogP contribution in [-0.4, -0.2) is 55.8 Å². The van der Waals surface area contributed by atoms with E-state index in [9.17, 15) is 13.5 Å². The van der Waals surface area contributed by atoms with E-state index in [2.05, 4.69) is 11.6 Å². The molecule has 0 spiro atoms. The molecule has 0 aliphatic carbocycles. The van der Waals surface area contributed by atoms with Gasteiger partial charge in [0.05, 0.1) is 6.10 Å². The predicted octanol–water partition coefficient (Wildman–Crippen LogP) is 0.0926. The van der Waals surface area contributed by atoms with Crippen LogP contribution in [0.5, 0.6) is 0 Å². The first-order valence-corrected chi connectivity index (χ1v) is 8.36. The highest BCUT2D eigenvalue weighted by molar-refractivity contribution is 7.87. The average Bonchev–Trinajstić information content (AvgIpc) is 2.68. The SMILES string of the molecule is CC1CCCN(S(=O)(=O)NCC2(O)CCOC2C)C1. The lowest BCUT2D eigenvalue weighted by Crippen LogP contribution is -2.52. The summed E-state index contributed by atoms with van der Waals surface area (Å²) in [7, 11) is -3.50. The molecule has 0 amide bonds. The quantitative estimate of drug-likeness (QED) is 0.770. The lowest BCUT2D eigenvalue weighted by Gasteiger charge is -2.32. The Morgan fingerprint density at radius 1 is 1.47 bits per heavy atom. The Balaban J connectivity index is 1.94. The summed E-state index contributed by atoms with van der Waals surface area (Å²) in [6.45, 7) is 5.43. The fourth-order valence-electron chi connectivity index (χ4n) is 2.68. The molecule has 2 fully saturated rings. The minimum Gasteiger partial charge on any atom is -0.386 e. The summed E-state index contributed by atoms with van der Waals surface area (Å²) in [4.78, 5) is 0. The normalized spacial score (nSPS) is 37.6. The van der Waals surface area contributed by atoms with Crippen molar-refractivity contribution in [3.63, 3.8) is 0 Å². The highest BCUT2D eigenvalue weighted by atomic mass is 32.2. The first kappa shape index (κ1) is 15.2. The third-order valence-corrected chi connectivity index (χ3v) is 5.70. The molecule has 3 atom stereocenters. The van der Waals surface area contributed by atoms with Gasteiger partial charge in [-0.05, 0) is 25.7 Å². The molecule has 2 N–H and O–H groups in total. The lowest BCUT2D eigenvalue weighted by atomic mass is 9.97. The molecule has 0 saturated carbocycles. The van der Waals surface area contributed by atoms with Crippen molar-refractivity contribution in [2.45, 2.75) is 44.8 Å².